The summed E-state index contributed by atoms with van der Waals surface area (Å²) < 4.78 is 19.3. The average Bonchev–Trinajstić information content (AvgIpc) is 3.13. The summed E-state index contributed by atoms with van der Waals surface area (Å²) in [4.78, 5) is 41.5. The minimum atomic E-state index is -1.20. The first-order valence-corrected chi connectivity index (χ1v) is 12.6. The quantitative estimate of drug-likeness (QED) is 0.489. The summed E-state index contributed by atoms with van der Waals surface area (Å²) in [5.74, 6) is -1.45. The number of hydrogen-bond acceptors (Lipinski definition) is 6. The van der Waals surface area contributed by atoms with E-state index in [0.717, 1.165) is 11.1 Å². The summed E-state index contributed by atoms with van der Waals surface area (Å²) in [7, 11) is 1.59. The Kier molecular flexibility index (Phi) is 9.47. The molecule has 2 aromatic carbocycles. The van der Waals surface area contributed by atoms with Gasteiger partial charge in [0.05, 0.1) is 24.5 Å². The number of benzene rings is 2. The van der Waals surface area contributed by atoms with Crippen LogP contribution in [0, 0.1) is 11.2 Å². The zero-order valence-corrected chi connectivity index (χ0v) is 23.2. The van der Waals surface area contributed by atoms with Crippen LogP contribution in [0.3, 0.4) is 0 Å². The average molecular weight is 560 g/mol. The molecule has 0 saturated carbocycles. The number of ether oxygens (including phenoxy) is 1. The van der Waals surface area contributed by atoms with E-state index in [9.17, 15) is 18.8 Å². The van der Waals surface area contributed by atoms with E-state index in [1.165, 1.54) is 17.1 Å². The predicted octanol–water partition coefficient (Wildman–Crippen LogP) is 2.28. The van der Waals surface area contributed by atoms with Gasteiger partial charge in [-0.2, -0.15) is 5.10 Å². The molecule has 2 heterocycles. The third-order valence-electron chi connectivity index (χ3n) is 6.92. The fraction of sp³-hybridized carbons (Fsp3) is 0.429. The Bertz CT molecular complexity index is 1220. The van der Waals surface area contributed by atoms with E-state index in [1.54, 1.807) is 37.9 Å². The zero-order valence-electron chi connectivity index (χ0n) is 22.4. The van der Waals surface area contributed by atoms with Gasteiger partial charge in [-0.1, -0.05) is 42.5 Å². The first-order chi connectivity index (χ1) is 18.0. The van der Waals surface area contributed by atoms with Crippen molar-refractivity contribution >= 4 is 35.8 Å². The molecule has 0 unspecified atom stereocenters. The van der Waals surface area contributed by atoms with Crippen molar-refractivity contribution in [1.82, 2.24) is 15.2 Å². The Balaban J connectivity index is 0.00000420. The van der Waals surface area contributed by atoms with Crippen LogP contribution in [0.15, 0.2) is 59.7 Å². The van der Waals surface area contributed by atoms with Gasteiger partial charge in [0.2, 0.25) is 11.8 Å². The number of hydrazone groups is 1. The van der Waals surface area contributed by atoms with Crippen molar-refractivity contribution in [3.05, 3.63) is 71.5 Å². The number of rotatable bonds is 9. The van der Waals surface area contributed by atoms with Crippen LogP contribution in [0.4, 0.5) is 4.39 Å². The second kappa shape index (κ2) is 12.2. The van der Waals surface area contributed by atoms with Crippen LogP contribution < -0.4 is 11.1 Å². The molecule has 3 N–H and O–H groups in total. The Labute approximate surface area is 234 Å². The van der Waals surface area contributed by atoms with Crippen LogP contribution in [0.2, 0.25) is 0 Å². The molecule has 0 bridgehead atoms. The summed E-state index contributed by atoms with van der Waals surface area (Å²) in [6.07, 6.45) is 0.674. The number of nitrogens with two attached hydrogens (primary N) is 1. The second-order valence-electron chi connectivity index (χ2n) is 10.5. The van der Waals surface area contributed by atoms with Crippen molar-refractivity contribution in [2.24, 2.45) is 16.3 Å². The molecule has 39 heavy (non-hydrogen) atoms. The maximum Gasteiger partial charge on any atom is 0.256 e. The summed E-state index contributed by atoms with van der Waals surface area (Å²) >= 11 is 0. The monoisotopic (exact) mass is 559 g/mol. The zero-order chi connectivity index (χ0) is 27.5. The van der Waals surface area contributed by atoms with Crippen molar-refractivity contribution in [2.75, 3.05) is 26.7 Å². The van der Waals surface area contributed by atoms with Gasteiger partial charge >= 0.3 is 0 Å². The predicted molar refractivity (Wildman–Crippen MR) is 147 cm³/mol. The number of halogens is 2. The van der Waals surface area contributed by atoms with Gasteiger partial charge in [-0.3, -0.25) is 14.4 Å². The highest BCUT2D eigenvalue weighted by atomic mass is 35.5. The Morgan fingerprint density at radius 1 is 1.15 bits per heavy atom. The second-order valence-corrected chi connectivity index (χ2v) is 10.5. The molecule has 210 valence electrons. The lowest BCUT2D eigenvalue weighted by atomic mass is 9.73. The molecule has 4 rings (SSSR count). The molecule has 3 amide bonds. The number of amides is 3. The molecule has 0 aromatic heterocycles. The highest BCUT2D eigenvalue weighted by Gasteiger charge is 2.54. The van der Waals surface area contributed by atoms with Crippen molar-refractivity contribution in [1.29, 1.82) is 0 Å². The van der Waals surface area contributed by atoms with E-state index in [1.807, 2.05) is 30.3 Å². The number of nitrogens with zero attached hydrogens (tertiary/aromatic N) is 3. The molecule has 9 nitrogen and oxygen atoms in total. The molecule has 11 heteroatoms. The topological polar surface area (TPSA) is 117 Å². The maximum atomic E-state index is 13.8. The lowest BCUT2D eigenvalue weighted by Gasteiger charge is -2.40. The van der Waals surface area contributed by atoms with Gasteiger partial charge in [0.15, 0.2) is 0 Å². The summed E-state index contributed by atoms with van der Waals surface area (Å²) in [6, 6.07) is 14.5. The van der Waals surface area contributed by atoms with E-state index < -0.39 is 22.9 Å². The number of piperidine rings is 1. The number of nitrogens with one attached hydrogen (secondary N) is 1. The first-order valence-electron chi connectivity index (χ1n) is 12.6. The van der Waals surface area contributed by atoms with Gasteiger partial charge in [-0.15, -0.1) is 12.4 Å². The third kappa shape index (κ3) is 6.81. The minimum absolute atomic E-state index is 0. The van der Waals surface area contributed by atoms with Crippen LogP contribution in [-0.2, 0) is 32.1 Å². The summed E-state index contributed by atoms with van der Waals surface area (Å²) in [6.45, 7) is 3.74. The van der Waals surface area contributed by atoms with Crippen molar-refractivity contribution < 1.29 is 23.5 Å². The summed E-state index contributed by atoms with van der Waals surface area (Å²) in [5.41, 5.74) is 6.10. The van der Waals surface area contributed by atoms with Gasteiger partial charge in [0.1, 0.15) is 17.3 Å². The van der Waals surface area contributed by atoms with Crippen LogP contribution in [0.5, 0.6) is 0 Å². The number of fused-ring (bicyclic) bond motifs is 1. The highest BCUT2D eigenvalue weighted by molar-refractivity contribution is 6.13. The lowest BCUT2D eigenvalue weighted by Crippen LogP contribution is -2.61. The van der Waals surface area contributed by atoms with Crippen LogP contribution in [0.1, 0.15) is 31.4 Å². The molecular weight excluding hydrogens is 525 g/mol. The number of carbonyl (C=O) groups excluding carboxylic acids is 3. The van der Waals surface area contributed by atoms with Crippen molar-refractivity contribution in [3.63, 3.8) is 0 Å². The fourth-order valence-corrected chi connectivity index (χ4v) is 4.83. The molecule has 0 spiro atoms. The van der Waals surface area contributed by atoms with Gasteiger partial charge in [0, 0.05) is 26.6 Å². The van der Waals surface area contributed by atoms with E-state index in [2.05, 4.69) is 10.4 Å². The Morgan fingerprint density at radius 2 is 1.82 bits per heavy atom. The molecule has 2 aliphatic heterocycles. The third-order valence-corrected chi connectivity index (χ3v) is 6.92. The highest BCUT2D eigenvalue weighted by Crippen LogP contribution is 2.38. The molecule has 2 aromatic rings. The SMILES string of the molecule is CN1N=C2CCN(C(=O)[C@@H](COCc3ccccc3)NC(=O)C(C)(C)N)C[C@@]2(Cc2ccc(F)cc2)C1=O.Cl. The van der Waals surface area contributed by atoms with Gasteiger partial charge in [0.25, 0.3) is 5.91 Å². The van der Waals surface area contributed by atoms with Crippen molar-refractivity contribution in [2.45, 2.75) is 44.9 Å². The first kappa shape index (κ1) is 30.2. The van der Waals surface area contributed by atoms with E-state index in [-0.39, 0.29) is 56.2 Å². The molecular formula is C28H35ClFN5O4. The smallest absolute Gasteiger partial charge is 0.256 e. The Morgan fingerprint density at radius 3 is 2.46 bits per heavy atom. The van der Waals surface area contributed by atoms with E-state index in [0.29, 0.717) is 18.7 Å². The number of hydrogen-bond donors (Lipinski definition) is 2. The van der Waals surface area contributed by atoms with Crippen LogP contribution in [-0.4, -0.2) is 71.7 Å². The lowest BCUT2D eigenvalue weighted by molar-refractivity contribution is -0.143. The minimum Gasteiger partial charge on any atom is -0.374 e. The van der Waals surface area contributed by atoms with E-state index >= 15 is 0 Å². The molecule has 2 aliphatic rings. The van der Waals surface area contributed by atoms with Gasteiger partial charge in [-0.25, -0.2) is 9.40 Å². The molecule has 2 atom stereocenters. The number of likely N-dealkylation sites (tertiary alicyclic amines) is 1. The van der Waals surface area contributed by atoms with Crippen molar-refractivity contribution in [3.8, 4) is 0 Å². The largest absolute Gasteiger partial charge is 0.374 e. The normalized spacial score (nSPS) is 19.6. The Hall–Kier alpha value is -3.34. The number of carbonyl (C=O) groups is 3. The van der Waals surface area contributed by atoms with Crippen LogP contribution in [0.25, 0.3) is 0 Å². The van der Waals surface area contributed by atoms with Gasteiger partial charge in [-0.05, 0) is 43.5 Å². The molecule has 0 radical (unpaired) electrons. The maximum absolute atomic E-state index is 13.8. The fourth-order valence-electron chi connectivity index (χ4n) is 4.83. The molecule has 0 aliphatic carbocycles. The molecule has 1 saturated heterocycles. The molecule has 1 fully saturated rings. The summed E-state index contributed by atoms with van der Waals surface area (Å²) in [5, 5.41) is 8.51. The van der Waals surface area contributed by atoms with E-state index in [4.69, 9.17) is 10.5 Å². The standard InChI is InChI=1S/C28H34FN5O4.ClH/c1-27(2,30)25(36)31-22(17-38-16-20-7-5-4-6-8-20)24(35)34-14-13-23-28(18-34,26(37)33(3)32-23)15-19-9-11-21(29)12-10-19;/h4-12,22H,13-18,30H2,1-3H3,(H,31,36);1H/t22-,28-;/m1./s1. The van der Waals surface area contributed by atoms with Crippen LogP contribution >= 0.6 is 12.4 Å². The van der Waals surface area contributed by atoms with Gasteiger partial charge < -0.3 is 20.7 Å².